The lowest BCUT2D eigenvalue weighted by Gasteiger charge is -2.06. The molecule has 0 saturated carbocycles. The molecule has 0 unspecified atom stereocenters. The lowest BCUT2D eigenvalue weighted by Crippen LogP contribution is -2.10. The third-order valence-electron chi connectivity index (χ3n) is 3.51. The van der Waals surface area contributed by atoms with Crippen LogP contribution in [-0.4, -0.2) is 17.6 Å². The lowest BCUT2D eigenvalue weighted by atomic mass is 10.3. The maximum atomic E-state index is 12.2. The molecule has 3 aromatic rings. The molecule has 0 aliphatic heterocycles. The second-order valence-electron chi connectivity index (χ2n) is 5.46. The third-order valence-corrected chi connectivity index (χ3v) is 3.51. The van der Waals surface area contributed by atoms with E-state index in [1.54, 1.807) is 24.3 Å². The molecule has 0 saturated heterocycles. The number of rotatable bonds is 7. The number of aromatic hydroxyl groups is 1. The van der Waals surface area contributed by atoms with E-state index in [4.69, 9.17) is 13.9 Å². The second kappa shape index (κ2) is 8.11. The molecule has 6 heteroatoms. The Morgan fingerprint density at radius 1 is 1.04 bits per heavy atom. The normalized spacial score (nSPS) is 10.3. The van der Waals surface area contributed by atoms with Crippen molar-refractivity contribution in [1.29, 1.82) is 0 Å². The first-order chi connectivity index (χ1) is 12.6. The number of carbonyl (C=O) groups excluding carboxylic acids is 1. The van der Waals surface area contributed by atoms with Crippen LogP contribution >= 0.6 is 0 Å². The average molecular weight is 353 g/mol. The van der Waals surface area contributed by atoms with Gasteiger partial charge >= 0.3 is 0 Å². The summed E-state index contributed by atoms with van der Waals surface area (Å²) in [5.74, 6) is 1.83. The number of hydrogen-bond donors (Lipinski definition) is 2. The molecule has 0 aliphatic rings. The van der Waals surface area contributed by atoms with E-state index in [1.165, 1.54) is 12.1 Å². The summed E-state index contributed by atoms with van der Waals surface area (Å²) in [6.45, 7) is 2.74. The summed E-state index contributed by atoms with van der Waals surface area (Å²) >= 11 is 0. The fourth-order valence-electron chi connectivity index (χ4n) is 2.31. The Morgan fingerprint density at radius 2 is 1.77 bits per heavy atom. The molecule has 0 fully saturated rings. The summed E-state index contributed by atoms with van der Waals surface area (Å²) in [6, 6.07) is 16.8. The van der Waals surface area contributed by atoms with E-state index >= 15 is 0 Å². The first-order valence-corrected chi connectivity index (χ1v) is 8.19. The molecule has 0 radical (unpaired) electrons. The summed E-state index contributed by atoms with van der Waals surface area (Å²) in [6.07, 6.45) is 0. The van der Waals surface area contributed by atoms with Gasteiger partial charge in [-0.2, -0.15) is 0 Å². The highest BCUT2D eigenvalue weighted by molar-refractivity contribution is 6.02. The van der Waals surface area contributed by atoms with Gasteiger partial charge in [0.2, 0.25) is 0 Å². The molecule has 0 aliphatic carbocycles. The molecule has 26 heavy (non-hydrogen) atoms. The molecule has 0 spiro atoms. The van der Waals surface area contributed by atoms with Crippen molar-refractivity contribution in [3.8, 4) is 17.2 Å². The van der Waals surface area contributed by atoms with Crippen molar-refractivity contribution in [3.05, 3.63) is 72.2 Å². The lowest BCUT2D eigenvalue weighted by molar-refractivity contribution is 0.0992. The number of phenols is 1. The van der Waals surface area contributed by atoms with Gasteiger partial charge in [-0.05, 0) is 55.5 Å². The number of anilines is 1. The standard InChI is InChI=1S/C20H19NO5/c1-2-24-16-6-8-17(9-7-16)25-13-18-10-11-19(26-18)20(23)21-14-4-3-5-15(22)12-14/h3-12,22H,2,13H2,1H3,(H,21,23). The van der Waals surface area contributed by atoms with E-state index in [0.29, 0.717) is 23.8 Å². The summed E-state index contributed by atoms with van der Waals surface area (Å²) in [7, 11) is 0. The van der Waals surface area contributed by atoms with Gasteiger partial charge in [0.05, 0.1) is 6.61 Å². The molecule has 6 nitrogen and oxygen atoms in total. The Balaban J connectivity index is 1.56. The third kappa shape index (κ3) is 4.57. The Bertz CT molecular complexity index is 870. The van der Waals surface area contributed by atoms with Gasteiger partial charge in [-0.1, -0.05) is 6.07 Å². The number of carbonyl (C=O) groups is 1. The first-order valence-electron chi connectivity index (χ1n) is 8.19. The fraction of sp³-hybridized carbons (Fsp3) is 0.150. The largest absolute Gasteiger partial charge is 0.508 e. The molecule has 134 valence electrons. The van der Waals surface area contributed by atoms with E-state index in [-0.39, 0.29) is 18.1 Å². The minimum atomic E-state index is -0.400. The molecule has 1 amide bonds. The Hall–Kier alpha value is -3.41. The molecule has 0 atom stereocenters. The van der Waals surface area contributed by atoms with Gasteiger partial charge in [0.25, 0.3) is 5.91 Å². The minimum absolute atomic E-state index is 0.0756. The Labute approximate surface area is 151 Å². The summed E-state index contributed by atoms with van der Waals surface area (Å²) in [5, 5.41) is 12.1. The van der Waals surface area contributed by atoms with Crippen molar-refractivity contribution in [2.75, 3.05) is 11.9 Å². The van der Waals surface area contributed by atoms with Gasteiger partial charge < -0.3 is 24.3 Å². The zero-order chi connectivity index (χ0) is 18.4. The number of amides is 1. The minimum Gasteiger partial charge on any atom is -0.508 e. The number of furan rings is 1. The predicted molar refractivity (Wildman–Crippen MR) is 96.7 cm³/mol. The topological polar surface area (TPSA) is 80.9 Å². The summed E-state index contributed by atoms with van der Waals surface area (Å²) < 4.78 is 16.5. The highest BCUT2D eigenvalue weighted by Crippen LogP contribution is 2.20. The van der Waals surface area contributed by atoms with Crippen LogP contribution < -0.4 is 14.8 Å². The van der Waals surface area contributed by atoms with E-state index in [1.807, 2.05) is 31.2 Å². The van der Waals surface area contributed by atoms with Gasteiger partial charge in [-0.3, -0.25) is 4.79 Å². The number of nitrogens with one attached hydrogen (secondary N) is 1. The summed E-state index contributed by atoms with van der Waals surface area (Å²) in [5.41, 5.74) is 0.485. The smallest absolute Gasteiger partial charge is 0.291 e. The first kappa shape index (κ1) is 17.4. The van der Waals surface area contributed by atoms with Crippen molar-refractivity contribution in [2.24, 2.45) is 0 Å². The van der Waals surface area contributed by atoms with E-state index in [9.17, 15) is 9.90 Å². The maximum Gasteiger partial charge on any atom is 0.291 e. The van der Waals surface area contributed by atoms with Crippen molar-refractivity contribution < 1.29 is 23.8 Å². The van der Waals surface area contributed by atoms with Crippen LogP contribution in [0.5, 0.6) is 17.2 Å². The van der Waals surface area contributed by atoms with Gasteiger partial charge in [-0.15, -0.1) is 0 Å². The monoisotopic (exact) mass is 353 g/mol. The van der Waals surface area contributed by atoms with Gasteiger partial charge in [0.15, 0.2) is 5.76 Å². The number of benzene rings is 2. The van der Waals surface area contributed by atoms with Crippen molar-refractivity contribution >= 4 is 11.6 Å². The molecular formula is C20H19NO5. The SMILES string of the molecule is CCOc1ccc(OCc2ccc(C(=O)Nc3cccc(O)c3)o2)cc1. The van der Waals surface area contributed by atoms with Crippen LogP contribution in [0.1, 0.15) is 23.2 Å². The number of phenolic OH excluding ortho intramolecular Hbond substituents is 1. The Kier molecular flexibility index (Phi) is 5.43. The van der Waals surface area contributed by atoms with Crippen LogP contribution in [0.15, 0.2) is 65.1 Å². The van der Waals surface area contributed by atoms with Crippen molar-refractivity contribution in [3.63, 3.8) is 0 Å². The zero-order valence-electron chi connectivity index (χ0n) is 14.3. The Morgan fingerprint density at radius 3 is 2.46 bits per heavy atom. The van der Waals surface area contributed by atoms with Crippen LogP contribution in [0.2, 0.25) is 0 Å². The fourth-order valence-corrected chi connectivity index (χ4v) is 2.31. The highest BCUT2D eigenvalue weighted by atomic mass is 16.5. The van der Waals surface area contributed by atoms with Crippen LogP contribution in [0, 0.1) is 0 Å². The van der Waals surface area contributed by atoms with Crippen LogP contribution in [0.3, 0.4) is 0 Å². The van der Waals surface area contributed by atoms with Crippen LogP contribution in [0.4, 0.5) is 5.69 Å². The maximum absolute atomic E-state index is 12.2. The highest BCUT2D eigenvalue weighted by Gasteiger charge is 2.12. The van der Waals surface area contributed by atoms with E-state index in [0.717, 1.165) is 5.75 Å². The van der Waals surface area contributed by atoms with Crippen LogP contribution in [0.25, 0.3) is 0 Å². The molecular weight excluding hydrogens is 334 g/mol. The molecule has 1 aromatic heterocycles. The second-order valence-corrected chi connectivity index (χ2v) is 5.46. The average Bonchev–Trinajstić information content (AvgIpc) is 3.11. The van der Waals surface area contributed by atoms with Gasteiger partial charge in [-0.25, -0.2) is 0 Å². The molecule has 0 bridgehead atoms. The molecule has 2 aromatic carbocycles. The van der Waals surface area contributed by atoms with E-state index in [2.05, 4.69) is 5.32 Å². The van der Waals surface area contributed by atoms with Gasteiger partial charge in [0.1, 0.15) is 29.6 Å². The van der Waals surface area contributed by atoms with Gasteiger partial charge in [0, 0.05) is 11.8 Å². The molecule has 1 heterocycles. The number of ether oxygens (including phenoxy) is 2. The number of hydrogen-bond acceptors (Lipinski definition) is 5. The molecule has 3 rings (SSSR count). The van der Waals surface area contributed by atoms with Crippen LogP contribution in [-0.2, 0) is 6.61 Å². The van der Waals surface area contributed by atoms with E-state index < -0.39 is 5.91 Å². The van der Waals surface area contributed by atoms with Crippen molar-refractivity contribution in [1.82, 2.24) is 0 Å². The summed E-state index contributed by atoms with van der Waals surface area (Å²) in [4.78, 5) is 12.2. The van der Waals surface area contributed by atoms with Crippen molar-refractivity contribution in [2.45, 2.75) is 13.5 Å². The predicted octanol–water partition coefficient (Wildman–Crippen LogP) is 4.22. The quantitative estimate of drug-likeness (QED) is 0.665. The zero-order valence-corrected chi connectivity index (χ0v) is 14.3. The molecule has 2 N–H and O–H groups in total.